The van der Waals surface area contributed by atoms with Crippen LogP contribution >= 0.6 is 23.1 Å². The number of imide groups is 1. The van der Waals surface area contributed by atoms with Gasteiger partial charge in [0.1, 0.15) is 5.00 Å². The highest BCUT2D eigenvalue weighted by Gasteiger charge is 2.32. The van der Waals surface area contributed by atoms with E-state index >= 15 is 0 Å². The van der Waals surface area contributed by atoms with Gasteiger partial charge in [0.2, 0.25) is 0 Å². The summed E-state index contributed by atoms with van der Waals surface area (Å²) in [5.74, 6) is 0. The highest BCUT2D eigenvalue weighted by Crippen LogP contribution is 2.26. The molecule has 0 saturated carbocycles. The maximum atomic E-state index is 11.7. The van der Waals surface area contributed by atoms with Crippen LogP contribution in [0.3, 0.4) is 0 Å². The highest BCUT2D eigenvalue weighted by molar-refractivity contribution is 7.99. The first-order valence-electron chi connectivity index (χ1n) is 4.61. The predicted octanol–water partition coefficient (Wildman–Crippen LogP) is 1.94. The van der Waals surface area contributed by atoms with Crippen molar-refractivity contribution in [3.8, 4) is 0 Å². The fourth-order valence-electron chi connectivity index (χ4n) is 1.33. The maximum Gasteiger partial charge on any atom is 0.333 e. The molecular formula is C9H11N3O2S2. The van der Waals surface area contributed by atoms with Gasteiger partial charge in [0.15, 0.2) is 5.50 Å². The van der Waals surface area contributed by atoms with Gasteiger partial charge in [0, 0.05) is 0 Å². The Labute approximate surface area is 101 Å². The van der Waals surface area contributed by atoms with Gasteiger partial charge in [-0.3, -0.25) is 0 Å². The molecule has 7 heteroatoms. The second kappa shape index (κ2) is 4.34. The molecule has 1 aromatic heterocycles. The van der Waals surface area contributed by atoms with E-state index < -0.39 is 0 Å². The van der Waals surface area contributed by atoms with Crippen molar-refractivity contribution in [2.45, 2.75) is 12.4 Å². The number of aryl methyl sites for hydroxylation is 1. The van der Waals surface area contributed by atoms with Crippen LogP contribution in [0.15, 0.2) is 11.4 Å². The number of urea groups is 2. The van der Waals surface area contributed by atoms with Gasteiger partial charge in [-0.2, -0.15) is 0 Å². The van der Waals surface area contributed by atoms with E-state index in [0.29, 0.717) is 5.00 Å². The molecule has 0 aromatic carbocycles. The Bertz CT molecular complexity index is 414. The van der Waals surface area contributed by atoms with E-state index in [0.717, 1.165) is 10.5 Å². The molecule has 1 fully saturated rings. The molecule has 4 amide bonds. The van der Waals surface area contributed by atoms with Crippen molar-refractivity contribution in [3.05, 3.63) is 17.0 Å². The molecular weight excluding hydrogens is 246 g/mol. The fraction of sp³-hybridized carbons (Fsp3) is 0.333. The fourth-order valence-corrected chi connectivity index (χ4v) is 2.67. The molecule has 1 aromatic rings. The van der Waals surface area contributed by atoms with E-state index in [1.807, 2.05) is 24.6 Å². The van der Waals surface area contributed by atoms with Crippen LogP contribution in [-0.4, -0.2) is 23.8 Å². The van der Waals surface area contributed by atoms with E-state index in [4.69, 9.17) is 0 Å². The second-order valence-electron chi connectivity index (χ2n) is 3.31. The average molecular weight is 257 g/mol. The van der Waals surface area contributed by atoms with Crippen LogP contribution in [0, 0.1) is 6.92 Å². The Kier molecular flexibility index (Phi) is 3.06. The molecule has 0 bridgehead atoms. The molecule has 1 aliphatic heterocycles. The van der Waals surface area contributed by atoms with Crippen molar-refractivity contribution in [3.63, 3.8) is 0 Å². The third-order valence-corrected chi connectivity index (χ3v) is 3.83. The topological polar surface area (TPSA) is 61.4 Å². The van der Waals surface area contributed by atoms with E-state index in [-0.39, 0.29) is 17.6 Å². The first-order valence-corrected chi connectivity index (χ1v) is 6.77. The van der Waals surface area contributed by atoms with Crippen molar-refractivity contribution >= 4 is 40.2 Å². The number of nitrogens with one attached hydrogen (secondary N) is 2. The number of rotatable bonds is 2. The number of carbonyl (C=O) groups excluding carboxylic acids is 2. The van der Waals surface area contributed by atoms with E-state index in [1.54, 1.807) is 0 Å². The lowest BCUT2D eigenvalue weighted by Crippen LogP contribution is -2.62. The third-order valence-electron chi connectivity index (χ3n) is 2.09. The zero-order valence-electron chi connectivity index (χ0n) is 8.81. The molecule has 1 aliphatic rings. The SMILES string of the molecule is CSC1NC(=O)N(c2cc(C)cs2)C(=O)N1. The number of nitrogens with zero attached hydrogens (tertiary/aromatic N) is 1. The van der Waals surface area contributed by atoms with Crippen molar-refractivity contribution in [2.75, 3.05) is 11.2 Å². The molecule has 5 nitrogen and oxygen atoms in total. The van der Waals surface area contributed by atoms with Crippen molar-refractivity contribution in [1.29, 1.82) is 0 Å². The van der Waals surface area contributed by atoms with Gasteiger partial charge in [-0.25, -0.2) is 14.5 Å². The zero-order valence-corrected chi connectivity index (χ0v) is 10.4. The van der Waals surface area contributed by atoms with Gasteiger partial charge in [-0.15, -0.1) is 23.1 Å². The Hall–Kier alpha value is -1.21. The first-order chi connectivity index (χ1) is 7.61. The van der Waals surface area contributed by atoms with Crippen molar-refractivity contribution in [2.24, 2.45) is 0 Å². The van der Waals surface area contributed by atoms with Crippen LogP contribution in [0.2, 0.25) is 0 Å². The van der Waals surface area contributed by atoms with Crippen molar-refractivity contribution in [1.82, 2.24) is 10.6 Å². The second-order valence-corrected chi connectivity index (χ2v) is 5.14. The molecule has 2 heterocycles. The summed E-state index contributed by atoms with van der Waals surface area (Å²) in [5, 5.41) is 7.89. The van der Waals surface area contributed by atoms with Gasteiger partial charge in [-0.05, 0) is 30.2 Å². The quantitative estimate of drug-likeness (QED) is 0.851. The number of carbonyl (C=O) groups is 2. The number of thiophene rings is 1. The standard InChI is InChI=1S/C9H11N3O2S2/c1-5-3-6(16-4-5)12-8(13)10-7(15-2)11-9(12)14/h3-4,7H,1-2H3,(H,10,13)(H,11,14). The number of hydrogen-bond acceptors (Lipinski definition) is 4. The molecule has 0 aliphatic carbocycles. The van der Waals surface area contributed by atoms with Crippen molar-refractivity contribution < 1.29 is 9.59 Å². The van der Waals surface area contributed by atoms with E-state index in [9.17, 15) is 9.59 Å². The monoisotopic (exact) mass is 257 g/mol. The average Bonchev–Trinajstić information content (AvgIpc) is 2.63. The lowest BCUT2D eigenvalue weighted by atomic mass is 10.4. The molecule has 16 heavy (non-hydrogen) atoms. The highest BCUT2D eigenvalue weighted by atomic mass is 32.2. The van der Waals surface area contributed by atoms with Gasteiger partial charge in [-0.1, -0.05) is 0 Å². The minimum absolute atomic E-state index is 0.350. The molecule has 1 saturated heterocycles. The summed E-state index contributed by atoms with van der Waals surface area (Å²) < 4.78 is 0. The Morgan fingerprint density at radius 1 is 1.38 bits per heavy atom. The number of anilines is 1. The summed E-state index contributed by atoms with van der Waals surface area (Å²) in [6, 6.07) is 1.04. The van der Waals surface area contributed by atoms with Crippen LogP contribution < -0.4 is 15.5 Å². The van der Waals surface area contributed by atoms with Gasteiger partial charge < -0.3 is 10.6 Å². The minimum Gasteiger partial charge on any atom is -0.308 e. The first kappa shape index (κ1) is 11.3. The number of thioether (sulfide) groups is 1. The van der Waals surface area contributed by atoms with E-state index in [1.165, 1.54) is 23.1 Å². The summed E-state index contributed by atoms with van der Waals surface area (Å²) in [4.78, 5) is 24.6. The minimum atomic E-state index is -0.384. The molecule has 0 unspecified atom stereocenters. The van der Waals surface area contributed by atoms with Crippen LogP contribution in [0.25, 0.3) is 0 Å². The molecule has 0 atom stereocenters. The van der Waals surface area contributed by atoms with Gasteiger partial charge in [0.25, 0.3) is 0 Å². The Morgan fingerprint density at radius 2 is 2.00 bits per heavy atom. The largest absolute Gasteiger partial charge is 0.333 e. The molecule has 2 N–H and O–H groups in total. The van der Waals surface area contributed by atoms with Gasteiger partial charge >= 0.3 is 12.1 Å². The Balaban J connectivity index is 2.22. The van der Waals surface area contributed by atoms with Crippen LogP contribution in [0.5, 0.6) is 0 Å². The van der Waals surface area contributed by atoms with Crippen LogP contribution in [0.1, 0.15) is 5.56 Å². The van der Waals surface area contributed by atoms with Crippen LogP contribution in [-0.2, 0) is 0 Å². The lowest BCUT2D eigenvalue weighted by Gasteiger charge is -2.30. The molecule has 0 spiro atoms. The summed E-state index contributed by atoms with van der Waals surface area (Å²) >= 11 is 2.74. The number of hydrogen-bond donors (Lipinski definition) is 2. The Morgan fingerprint density at radius 3 is 2.44 bits per heavy atom. The zero-order chi connectivity index (χ0) is 11.7. The normalized spacial score (nSPS) is 17.2. The smallest absolute Gasteiger partial charge is 0.308 e. The van der Waals surface area contributed by atoms with Crippen LogP contribution in [0.4, 0.5) is 14.6 Å². The summed E-state index contributed by atoms with van der Waals surface area (Å²) in [5.41, 5.74) is 0.685. The molecule has 2 rings (SSSR count). The molecule has 86 valence electrons. The summed E-state index contributed by atoms with van der Waals surface area (Å²) in [6.45, 7) is 1.92. The van der Waals surface area contributed by atoms with Gasteiger partial charge in [0.05, 0.1) is 0 Å². The summed E-state index contributed by atoms with van der Waals surface area (Å²) in [6.07, 6.45) is 1.82. The van der Waals surface area contributed by atoms with E-state index in [2.05, 4.69) is 10.6 Å². The molecule has 0 radical (unpaired) electrons. The lowest BCUT2D eigenvalue weighted by molar-refractivity contribution is 0.224. The number of amides is 4. The maximum absolute atomic E-state index is 11.7. The summed E-state index contributed by atoms with van der Waals surface area (Å²) in [7, 11) is 0. The predicted molar refractivity (Wildman–Crippen MR) is 65.9 cm³/mol. The third kappa shape index (κ3) is 2.00.